The van der Waals surface area contributed by atoms with Crippen LogP contribution >= 0.6 is 19.3 Å². The van der Waals surface area contributed by atoms with Gasteiger partial charge in [-0.1, -0.05) is 0 Å². The van der Waals surface area contributed by atoms with E-state index >= 15 is 0 Å². The van der Waals surface area contributed by atoms with Gasteiger partial charge in [0.2, 0.25) is 0 Å². The first-order chi connectivity index (χ1) is 5.84. The van der Waals surface area contributed by atoms with E-state index in [4.69, 9.17) is 0 Å². The van der Waals surface area contributed by atoms with Gasteiger partial charge in [0, 0.05) is 0 Å². The van der Waals surface area contributed by atoms with Crippen LogP contribution in [0.1, 0.15) is 0 Å². The zero-order chi connectivity index (χ0) is 8.81. The third kappa shape index (κ3) is 2.62. The minimum atomic E-state index is -0.161. The van der Waals surface area contributed by atoms with Gasteiger partial charge < -0.3 is 0 Å². The van der Waals surface area contributed by atoms with Crippen LogP contribution in [0.2, 0.25) is 0 Å². The number of aromatic nitrogens is 1. The van der Waals surface area contributed by atoms with Gasteiger partial charge in [-0.15, -0.1) is 0 Å². The molecule has 0 saturated heterocycles. The van der Waals surface area contributed by atoms with Crippen LogP contribution in [0.5, 0.6) is 0 Å². The normalized spacial score (nSPS) is 9.75. The summed E-state index contributed by atoms with van der Waals surface area (Å²) in [5.41, 5.74) is 2.40. The molecule has 1 heterocycles. The molecule has 0 amide bonds. The standard InChI is InChI=1S/C6H6N3OPS/c1-9(8-2-4-11-10)6-7-3-5-12-6/h2-3,5H,1H3. The summed E-state index contributed by atoms with van der Waals surface area (Å²) in [6.07, 6.45) is 3.04. The van der Waals surface area contributed by atoms with Crippen molar-refractivity contribution in [3.05, 3.63) is 11.6 Å². The van der Waals surface area contributed by atoms with Gasteiger partial charge >= 0.3 is 74.5 Å². The van der Waals surface area contributed by atoms with E-state index in [1.807, 2.05) is 5.38 Å². The molecule has 4 nitrogen and oxygen atoms in total. The van der Waals surface area contributed by atoms with E-state index in [2.05, 4.69) is 15.7 Å². The van der Waals surface area contributed by atoms with Crippen molar-refractivity contribution in [3.63, 3.8) is 0 Å². The molecule has 0 aromatic carbocycles. The predicted octanol–water partition coefficient (Wildman–Crippen LogP) is 1.82. The summed E-state index contributed by atoms with van der Waals surface area (Å²) in [6, 6.07) is 0. The van der Waals surface area contributed by atoms with Gasteiger partial charge in [-0.25, -0.2) is 0 Å². The fraction of sp³-hybridized carbons (Fsp3) is 0.167. The van der Waals surface area contributed by atoms with Crippen molar-refractivity contribution in [2.24, 2.45) is 5.10 Å². The Morgan fingerprint density at radius 3 is 3.33 bits per heavy atom. The number of rotatable bonds is 2. The molecule has 1 aromatic rings. The first-order valence-corrected chi connectivity index (χ1v) is 4.77. The maximum atomic E-state index is 9.94. The Balaban J connectivity index is 2.64. The molecule has 0 N–H and O–H groups in total. The third-order valence-electron chi connectivity index (χ3n) is 1.04. The van der Waals surface area contributed by atoms with E-state index in [-0.39, 0.29) is 7.92 Å². The minimum absolute atomic E-state index is 0.161. The van der Waals surface area contributed by atoms with Crippen LogP contribution < -0.4 is 5.01 Å². The van der Waals surface area contributed by atoms with Gasteiger partial charge in [0.25, 0.3) is 0 Å². The van der Waals surface area contributed by atoms with Crippen LogP contribution in [0.4, 0.5) is 5.13 Å². The number of anilines is 1. The van der Waals surface area contributed by atoms with Gasteiger partial charge in [0.15, 0.2) is 0 Å². The van der Waals surface area contributed by atoms with Crippen molar-refractivity contribution >= 4 is 30.6 Å². The second-order valence-electron chi connectivity index (χ2n) is 1.80. The van der Waals surface area contributed by atoms with Gasteiger partial charge in [-0.05, 0) is 0 Å². The third-order valence-corrected chi connectivity index (χ3v) is 2.10. The Labute approximate surface area is 75.1 Å². The molecule has 0 saturated carbocycles. The molecule has 6 heteroatoms. The SMILES string of the molecule is CN(N=CC#P=O)c1nccs1. The summed E-state index contributed by atoms with van der Waals surface area (Å²) < 4.78 is 9.94. The average molecular weight is 199 g/mol. The quantitative estimate of drug-likeness (QED) is 0.414. The zero-order valence-electron chi connectivity index (χ0n) is 6.34. The monoisotopic (exact) mass is 199 g/mol. The molecule has 0 aliphatic heterocycles. The summed E-state index contributed by atoms with van der Waals surface area (Å²) in [7, 11) is 1.60. The summed E-state index contributed by atoms with van der Waals surface area (Å²) in [4.78, 5) is 4.02. The second-order valence-corrected chi connectivity index (χ2v) is 3.12. The molecular formula is C6H6N3OPS. The molecule has 0 unspecified atom stereocenters. The van der Waals surface area contributed by atoms with Crippen molar-refractivity contribution in [1.29, 1.82) is 0 Å². The maximum absolute atomic E-state index is 9.94. The molecule has 62 valence electrons. The van der Waals surface area contributed by atoms with Gasteiger partial charge in [-0.2, -0.15) is 0 Å². The molecule has 0 bridgehead atoms. The number of hydrazone groups is 1. The van der Waals surface area contributed by atoms with E-state index in [1.165, 1.54) is 17.6 Å². The van der Waals surface area contributed by atoms with Crippen LogP contribution in [-0.4, -0.2) is 18.2 Å². The Bertz CT molecular complexity index is 355. The van der Waals surface area contributed by atoms with Gasteiger partial charge in [0.1, 0.15) is 0 Å². The second kappa shape index (κ2) is 4.88. The Kier molecular flexibility index (Phi) is 3.74. The van der Waals surface area contributed by atoms with Crippen molar-refractivity contribution in [3.8, 4) is 5.63 Å². The summed E-state index contributed by atoms with van der Waals surface area (Å²) in [5, 5.41) is 8.13. The number of hydrogen-bond acceptors (Lipinski definition) is 5. The molecular weight excluding hydrogens is 193 g/mol. The Morgan fingerprint density at radius 1 is 1.92 bits per heavy atom. The molecule has 1 aromatic heterocycles. The molecule has 12 heavy (non-hydrogen) atoms. The van der Waals surface area contributed by atoms with Crippen LogP contribution in [0, 0.1) is 5.63 Å². The molecule has 0 fully saturated rings. The van der Waals surface area contributed by atoms with Crippen molar-refractivity contribution in [2.75, 3.05) is 12.1 Å². The molecule has 0 radical (unpaired) electrons. The molecule has 0 atom stereocenters. The molecule has 1 rings (SSSR count). The fourth-order valence-electron chi connectivity index (χ4n) is 0.561. The molecule has 0 aliphatic carbocycles. The first-order valence-electron chi connectivity index (χ1n) is 3.08. The number of thiazole rings is 1. The molecule has 0 spiro atoms. The molecule has 0 aliphatic rings. The van der Waals surface area contributed by atoms with Crippen LogP contribution in [0.3, 0.4) is 0 Å². The average Bonchev–Trinajstić information content (AvgIpc) is 2.56. The summed E-state index contributed by atoms with van der Waals surface area (Å²) in [5.74, 6) is 0. The van der Waals surface area contributed by atoms with Crippen molar-refractivity contribution < 1.29 is 4.57 Å². The van der Waals surface area contributed by atoms with E-state index in [0.29, 0.717) is 0 Å². The van der Waals surface area contributed by atoms with Crippen molar-refractivity contribution in [1.82, 2.24) is 4.98 Å². The van der Waals surface area contributed by atoms with E-state index in [1.54, 1.807) is 18.3 Å². The number of hydrogen-bond donors (Lipinski definition) is 0. The predicted molar refractivity (Wildman–Crippen MR) is 50.5 cm³/mol. The Hall–Kier alpha value is -0.890. The van der Waals surface area contributed by atoms with Crippen molar-refractivity contribution in [2.45, 2.75) is 0 Å². The fourth-order valence-corrected chi connectivity index (χ4v) is 1.22. The topological polar surface area (TPSA) is 45.6 Å². The van der Waals surface area contributed by atoms with E-state index in [0.717, 1.165) is 5.13 Å². The summed E-state index contributed by atoms with van der Waals surface area (Å²) in [6.45, 7) is 0. The van der Waals surface area contributed by atoms with Gasteiger partial charge in [-0.3, -0.25) is 0 Å². The zero-order valence-corrected chi connectivity index (χ0v) is 8.05. The van der Waals surface area contributed by atoms with E-state index < -0.39 is 0 Å². The van der Waals surface area contributed by atoms with Crippen LogP contribution in [-0.2, 0) is 4.57 Å². The number of nitrogens with zero attached hydrogens (tertiary/aromatic N) is 3. The summed E-state index contributed by atoms with van der Waals surface area (Å²) >= 11 is 1.48. The van der Waals surface area contributed by atoms with Crippen LogP contribution in [0.25, 0.3) is 0 Å². The first kappa shape index (κ1) is 9.20. The van der Waals surface area contributed by atoms with E-state index in [9.17, 15) is 4.57 Å². The Morgan fingerprint density at radius 2 is 2.75 bits per heavy atom. The van der Waals surface area contributed by atoms with Gasteiger partial charge in [0.05, 0.1) is 0 Å². The van der Waals surface area contributed by atoms with Crippen LogP contribution in [0.15, 0.2) is 16.7 Å².